The van der Waals surface area contributed by atoms with E-state index in [0.717, 1.165) is 102 Å². The number of para-hydroxylation sites is 8. The number of hydrogen-bond donors (Lipinski definition) is 0. The molecular weight excluding hydrogens is 1300 g/mol. The fourth-order valence-electron chi connectivity index (χ4n) is 14.5. The minimum absolute atomic E-state index is 0.0328. The van der Waals surface area contributed by atoms with Gasteiger partial charge in [-0.15, -0.1) is 0 Å². The van der Waals surface area contributed by atoms with Gasteiger partial charge in [0.25, 0.3) is 22.1 Å². The predicted octanol–water partition coefficient (Wildman–Crippen LogP) is 18.0. The summed E-state index contributed by atoms with van der Waals surface area (Å²) in [6.07, 6.45) is 8.39. The molecule has 0 atom stereocenters. The maximum atomic E-state index is 7.53. The first-order valence-electron chi connectivity index (χ1n) is 35.7. The first-order chi connectivity index (χ1) is 50.4. The highest BCUT2D eigenvalue weighted by molar-refractivity contribution is 5.78. The summed E-state index contributed by atoms with van der Waals surface area (Å²) >= 11 is 0. The topological polar surface area (TPSA) is 88.0 Å². The van der Waals surface area contributed by atoms with Crippen molar-refractivity contribution in [1.82, 2.24) is 0 Å². The zero-order valence-corrected chi connectivity index (χ0v) is 63.7. The molecule has 522 valence electrons. The quantitative estimate of drug-likeness (QED) is 0.112. The molecule has 0 spiro atoms. The van der Waals surface area contributed by atoms with E-state index in [9.17, 15) is 0 Å². The maximum absolute atomic E-state index is 7.53. The Morgan fingerprint density at radius 1 is 0.324 bits per heavy atom. The summed E-state index contributed by atoms with van der Waals surface area (Å²) in [6.45, 7) is 37.9. The number of fused-ring (bicyclic) bond motifs is 4. The summed E-state index contributed by atoms with van der Waals surface area (Å²) in [5.41, 5.74) is 31.9. The number of oxazole rings is 4. The van der Waals surface area contributed by atoms with Crippen LogP contribution >= 0.6 is 0 Å². The summed E-state index contributed by atoms with van der Waals surface area (Å²) < 4.78 is 42.2. The van der Waals surface area contributed by atoms with Gasteiger partial charge in [-0.25, -0.2) is 4.85 Å². The van der Waals surface area contributed by atoms with E-state index in [1.165, 1.54) is 78.7 Å². The Balaban J connectivity index is 0.000000124. The van der Waals surface area contributed by atoms with Crippen LogP contribution in [0.25, 0.3) is 118 Å². The Labute approximate surface area is 615 Å². The second-order valence-electron chi connectivity index (χ2n) is 28.6. The van der Waals surface area contributed by atoms with E-state index in [4.69, 9.17) is 24.2 Å². The molecule has 0 bridgehead atoms. The van der Waals surface area contributed by atoms with Gasteiger partial charge < -0.3 is 17.7 Å². The summed E-state index contributed by atoms with van der Waals surface area (Å²) in [5.74, 6) is 3.43. The van der Waals surface area contributed by atoms with Crippen LogP contribution in [0.15, 0.2) is 255 Å². The van der Waals surface area contributed by atoms with Crippen molar-refractivity contribution in [2.45, 2.75) is 102 Å². The highest BCUT2D eigenvalue weighted by atomic mass is 16.4. The van der Waals surface area contributed by atoms with Crippen LogP contribution in [-0.2, 0) is 33.6 Å². The molecule has 0 amide bonds. The fourth-order valence-corrected chi connectivity index (χ4v) is 14.5. The molecule has 0 fully saturated rings. The Hall–Kier alpha value is -12.3. The van der Waals surface area contributed by atoms with E-state index in [1.807, 2.05) is 115 Å². The SMILES string of the molecule is Cc1c(-c2oc3ccccc3[n+]2C)cc(C(C)(C)C)cc1-[n+]1ccccc1C.Cc1cc(-c2oc3ccccc3[n+]2C)c(C)c(-[n+]2ccccc2C)c1.Cc1cc(C)c(-[n+]2ccccc2C)c(C)c1-c1oc2ccccc2[n+]1C.[C-]#[N+]c1cc(-c2oc3ccccc3[n+]2C)c(C)c(-[n+]2ccccc2C)c1. The van der Waals surface area contributed by atoms with E-state index in [1.54, 1.807) is 0 Å². The van der Waals surface area contributed by atoms with Crippen molar-refractivity contribution in [1.29, 1.82) is 0 Å². The third-order valence-electron chi connectivity index (χ3n) is 20.3. The number of hydrogen-bond acceptors (Lipinski definition) is 4. The maximum Gasteiger partial charge on any atom is 0.382 e. The van der Waals surface area contributed by atoms with Gasteiger partial charge >= 0.3 is 23.6 Å². The number of nitrogens with zero attached hydrogens (tertiary/aromatic N) is 9. The lowest BCUT2D eigenvalue weighted by atomic mass is 9.84. The van der Waals surface area contributed by atoms with Crippen molar-refractivity contribution in [3.05, 3.63) is 316 Å². The van der Waals surface area contributed by atoms with Gasteiger partial charge in [-0.05, 0) is 119 Å². The molecule has 0 radical (unpaired) electrons. The highest BCUT2D eigenvalue weighted by Crippen LogP contribution is 2.37. The smallest absolute Gasteiger partial charge is 0.382 e. The number of aromatic nitrogens is 8. The monoisotopic (exact) mass is 1390 g/mol. The van der Waals surface area contributed by atoms with Crippen molar-refractivity contribution < 1.29 is 54.2 Å². The van der Waals surface area contributed by atoms with E-state index in [-0.39, 0.29) is 5.41 Å². The van der Waals surface area contributed by atoms with Crippen molar-refractivity contribution in [2.24, 2.45) is 28.2 Å². The minimum Gasteiger partial charge on any atom is -0.398 e. The van der Waals surface area contributed by atoms with Crippen molar-refractivity contribution in [3.8, 4) is 68.6 Å². The second-order valence-corrected chi connectivity index (χ2v) is 28.6. The molecule has 0 saturated carbocycles. The largest absolute Gasteiger partial charge is 0.398 e. The molecule has 16 rings (SSSR count). The van der Waals surface area contributed by atoms with E-state index >= 15 is 0 Å². The molecule has 0 aliphatic carbocycles. The third kappa shape index (κ3) is 13.8. The standard InChI is InChI=1S/C25H28N2O.C23H24N2O.C22H19N3O.C22H22N2O/c1-17-11-9-10-14-27(17)22-16-19(25(3,4)5)15-20(18(22)2)24-26(6)21-12-7-8-13-23(21)28-24;1-15-14-16(2)22(25-13-9-8-10-17(25)3)18(4)21(15)23-24(5)19-11-6-7-12-20(19)26-23;1-15-9-7-8-12-25(15)20-14-17(23-3)13-18(16(20)2)22-24(4)19-10-5-6-11-21(19)26-22;1-15-13-18(22-23(4)19-10-5-6-11-21(19)25-22)17(3)20(14-15)24-12-8-7-9-16(24)2/h7-16H,1-6H3;6-14H,1-5H3;5-14H,1-2,4H3;5-14H,1-4H3/q4*+2. The van der Waals surface area contributed by atoms with E-state index in [2.05, 4.69) is 289 Å². The fraction of sp³-hybridized carbons (Fsp3) is 0.207. The normalized spacial score (nSPS) is 11.3. The predicted molar refractivity (Wildman–Crippen MR) is 415 cm³/mol. The van der Waals surface area contributed by atoms with Gasteiger partial charge in [-0.2, -0.15) is 36.5 Å². The number of aryl methyl sites for hydroxylation is 11. The van der Waals surface area contributed by atoms with Gasteiger partial charge in [-0.1, -0.05) is 93.6 Å². The minimum atomic E-state index is 0.0328. The molecule has 8 heterocycles. The van der Waals surface area contributed by atoms with Gasteiger partial charge in [0.15, 0.2) is 53.3 Å². The summed E-state index contributed by atoms with van der Waals surface area (Å²) in [5, 5.41) is 0. The van der Waals surface area contributed by atoms with Crippen LogP contribution < -0.4 is 36.5 Å². The molecule has 8 aromatic carbocycles. The Morgan fingerprint density at radius 2 is 0.657 bits per heavy atom. The first-order valence-corrected chi connectivity index (χ1v) is 35.7. The van der Waals surface area contributed by atoms with Crippen LogP contribution in [0.5, 0.6) is 0 Å². The number of rotatable bonds is 8. The highest BCUT2D eigenvalue weighted by Gasteiger charge is 2.34. The lowest BCUT2D eigenvalue weighted by molar-refractivity contribution is -0.637. The summed E-state index contributed by atoms with van der Waals surface area (Å²) in [7, 11) is 8.20. The molecule has 105 heavy (non-hydrogen) atoms. The van der Waals surface area contributed by atoms with Gasteiger partial charge in [-0.3, -0.25) is 0 Å². The molecule has 13 heteroatoms. The third-order valence-corrected chi connectivity index (χ3v) is 20.3. The van der Waals surface area contributed by atoms with Gasteiger partial charge in [0.2, 0.25) is 45.1 Å². The molecule has 0 aliphatic rings. The van der Waals surface area contributed by atoms with Crippen molar-refractivity contribution in [2.75, 3.05) is 0 Å². The first kappa shape index (κ1) is 71.1. The molecule has 8 aromatic heterocycles. The van der Waals surface area contributed by atoms with Crippen LogP contribution in [0.3, 0.4) is 0 Å². The average Bonchev–Trinajstić information content (AvgIpc) is 1.63. The second kappa shape index (κ2) is 29.2. The van der Waals surface area contributed by atoms with Crippen LogP contribution in [0.1, 0.15) is 88.1 Å². The zero-order valence-electron chi connectivity index (χ0n) is 63.7. The summed E-state index contributed by atoms with van der Waals surface area (Å²) in [4.78, 5) is 3.68. The number of benzene rings is 8. The average molecular weight is 1390 g/mol. The molecule has 0 aliphatic heterocycles. The van der Waals surface area contributed by atoms with Crippen molar-refractivity contribution >= 4 is 50.1 Å². The van der Waals surface area contributed by atoms with Crippen LogP contribution in [0.2, 0.25) is 0 Å². The molecule has 13 nitrogen and oxygen atoms in total. The Morgan fingerprint density at radius 3 is 1.04 bits per heavy atom. The lowest BCUT2D eigenvalue weighted by Crippen LogP contribution is -2.36. The van der Waals surface area contributed by atoms with Crippen molar-refractivity contribution in [3.63, 3.8) is 0 Å². The van der Waals surface area contributed by atoms with Crippen LogP contribution in [0.4, 0.5) is 5.69 Å². The van der Waals surface area contributed by atoms with E-state index in [0.29, 0.717) is 5.69 Å². The van der Waals surface area contributed by atoms with Gasteiger partial charge in [0, 0.05) is 147 Å². The molecule has 0 unspecified atom stereocenters. The summed E-state index contributed by atoms with van der Waals surface area (Å²) in [6, 6.07) is 72.5. The molecule has 16 aromatic rings. The number of pyridine rings is 4. The van der Waals surface area contributed by atoms with Gasteiger partial charge in [0.05, 0.1) is 28.8 Å². The zero-order chi connectivity index (χ0) is 74.3. The molecule has 0 saturated heterocycles. The molecular formula is C92H93N9O4+8. The Bertz CT molecular complexity index is 6070. The van der Waals surface area contributed by atoms with Gasteiger partial charge in [0.1, 0.15) is 28.2 Å². The lowest BCUT2D eigenvalue weighted by Gasteiger charge is -2.20. The van der Waals surface area contributed by atoms with Crippen LogP contribution in [0, 0.1) is 82.7 Å². The Kier molecular flexibility index (Phi) is 19.8. The van der Waals surface area contributed by atoms with Crippen LogP contribution in [-0.4, -0.2) is 0 Å². The van der Waals surface area contributed by atoms with E-state index < -0.39 is 0 Å². The molecule has 0 N–H and O–H groups in total.